The van der Waals surface area contributed by atoms with Gasteiger partial charge in [0.05, 0.1) is 24.9 Å². The number of rotatable bonds is 7. The van der Waals surface area contributed by atoms with Crippen molar-refractivity contribution in [3.63, 3.8) is 0 Å². The predicted octanol–water partition coefficient (Wildman–Crippen LogP) is 3.47. The number of guanidine groups is 1. The van der Waals surface area contributed by atoms with E-state index >= 15 is 0 Å². The standard InChI is InChI=1S/C21H30N4O3.HI/c1-15-16(2)28-20(25-15)13-24-21(22-3)23-12-17-5-4-6-18(11-17)14-27-19-7-9-26-10-8-19;/h4-6,11,19H,7-10,12-14H2,1-3H3,(H2,22,23,24);1H. The van der Waals surface area contributed by atoms with Gasteiger partial charge in [-0.15, -0.1) is 24.0 Å². The SMILES string of the molecule is CN=C(NCc1cccc(COC2CCOCC2)c1)NCc1nc(C)c(C)o1.I. The van der Waals surface area contributed by atoms with E-state index in [-0.39, 0.29) is 24.0 Å². The van der Waals surface area contributed by atoms with Gasteiger partial charge in [-0.05, 0) is 37.8 Å². The first kappa shape index (κ1) is 23.6. The molecule has 0 unspecified atom stereocenters. The molecule has 1 aromatic heterocycles. The molecule has 0 spiro atoms. The highest BCUT2D eigenvalue weighted by Crippen LogP contribution is 2.14. The van der Waals surface area contributed by atoms with Crippen LogP contribution in [0.5, 0.6) is 0 Å². The maximum absolute atomic E-state index is 6.02. The van der Waals surface area contributed by atoms with Crippen molar-refractivity contribution in [2.24, 2.45) is 4.99 Å². The topological polar surface area (TPSA) is 80.9 Å². The summed E-state index contributed by atoms with van der Waals surface area (Å²) in [5.74, 6) is 2.21. The van der Waals surface area contributed by atoms with Crippen LogP contribution in [0.2, 0.25) is 0 Å². The lowest BCUT2D eigenvalue weighted by atomic mass is 10.1. The summed E-state index contributed by atoms with van der Waals surface area (Å²) in [5.41, 5.74) is 3.28. The predicted molar refractivity (Wildman–Crippen MR) is 124 cm³/mol. The highest BCUT2D eigenvalue weighted by molar-refractivity contribution is 14.0. The fraction of sp³-hybridized carbons (Fsp3) is 0.524. The van der Waals surface area contributed by atoms with E-state index in [1.807, 2.05) is 13.8 Å². The summed E-state index contributed by atoms with van der Waals surface area (Å²) in [5, 5.41) is 6.55. The summed E-state index contributed by atoms with van der Waals surface area (Å²) < 4.78 is 17.0. The van der Waals surface area contributed by atoms with Gasteiger partial charge in [0.1, 0.15) is 5.76 Å². The minimum absolute atomic E-state index is 0. The van der Waals surface area contributed by atoms with Gasteiger partial charge in [-0.2, -0.15) is 0 Å². The van der Waals surface area contributed by atoms with Gasteiger partial charge in [0, 0.05) is 26.8 Å². The first-order valence-corrected chi connectivity index (χ1v) is 9.78. The summed E-state index contributed by atoms with van der Waals surface area (Å²) in [7, 11) is 1.75. The zero-order valence-corrected chi connectivity index (χ0v) is 19.7. The van der Waals surface area contributed by atoms with Gasteiger partial charge in [0.2, 0.25) is 5.89 Å². The van der Waals surface area contributed by atoms with Gasteiger partial charge in [-0.25, -0.2) is 4.98 Å². The number of nitrogens with one attached hydrogen (secondary N) is 2. The molecule has 160 valence electrons. The summed E-state index contributed by atoms with van der Waals surface area (Å²) in [4.78, 5) is 8.63. The molecule has 1 aliphatic rings. The van der Waals surface area contributed by atoms with Crippen molar-refractivity contribution < 1.29 is 13.9 Å². The lowest BCUT2D eigenvalue weighted by molar-refractivity contribution is -0.0390. The van der Waals surface area contributed by atoms with E-state index in [2.05, 4.69) is 44.9 Å². The van der Waals surface area contributed by atoms with Crippen LogP contribution in [0.1, 0.15) is 41.3 Å². The van der Waals surface area contributed by atoms with Crippen LogP contribution in [0, 0.1) is 13.8 Å². The smallest absolute Gasteiger partial charge is 0.214 e. The molecule has 7 nitrogen and oxygen atoms in total. The van der Waals surface area contributed by atoms with Crippen molar-refractivity contribution in [1.29, 1.82) is 0 Å². The molecule has 29 heavy (non-hydrogen) atoms. The van der Waals surface area contributed by atoms with Crippen molar-refractivity contribution in [1.82, 2.24) is 15.6 Å². The summed E-state index contributed by atoms with van der Waals surface area (Å²) in [6.07, 6.45) is 2.26. The van der Waals surface area contributed by atoms with E-state index in [1.54, 1.807) is 7.05 Å². The maximum Gasteiger partial charge on any atom is 0.214 e. The molecule has 2 N–H and O–H groups in total. The van der Waals surface area contributed by atoms with Crippen LogP contribution in [0.4, 0.5) is 0 Å². The van der Waals surface area contributed by atoms with Gasteiger partial charge < -0.3 is 24.5 Å². The van der Waals surface area contributed by atoms with Gasteiger partial charge in [0.25, 0.3) is 0 Å². The average Bonchev–Trinajstić information content (AvgIpc) is 3.05. The molecule has 8 heteroatoms. The second kappa shape index (κ2) is 12.1. The summed E-state index contributed by atoms with van der Waals surface area (Å²) in [6.45, 7) is 7.25. The van der Waals surface area contributed by atoms with Crippen LogP contribution < -0.4 is 10.6 Å². The lowest BCUT2D eigenvalue weighted by Gasteiger charge is -2.22. The molecule has 0 radical (unpaired) electrons. The Morgan fingerprint density at radius 1 is 1.17 bits per heavy atom. The molecule has 2 heterocycles. The molecular weight excluding hydrogens is 483 g/mol. The number of hydrogen-bond donors (Lipinski definition) is 2. The van der Waals surface area contributed by atoms with E-state index < -0.39 is 0 Å². The highest BCUT2D eigenvalue weighted by Gasteiger charge is 2.14. The minimum atomic E-state index is 0. The summed E-state index contributed by atoms with van der Waals surface area (Å²) >= 11 is 0. The fourth-order valence-electron chi connectivity index (χ4n) is 3.07. The average molecular weight is 514 g/mol. The molecule has 3 rings (SSSR count). The zero-order valence-electron chi connectivity index (χ0n) is 17.4. The minimum Gasteiger partial charge on any atom is -0.444 e. The third-order valence-corrected chi connectivity index (χ3v) is 4.81. The van der Waals surface area contributed by atoms with Gasteiger partial charge in [-0.3, -0.25) is 4.99 Å². The Hall–Kier alpha value is -1.65. The van der Waals surface area contributed by atoms with Crippen LogP contribution in [0.15, 0.2) is 33.7 Å². The Bertz CT molecular complexity index is 768. The number of aliphatic imine (C=N–C) groups is 1. The Labute approximate surface area is 189 Å². The molecule has 0 amide bonds. The number of halogens is 1. The molecule has 0 saturated carbocycles. The molecule has 0 atom stereocenters. The number of oxazole rings is 1. The Morgan fingerprint density at radius 2 is 1.90 bits per heavy atom. The number of hydrogen-bond acceptors (Lipinski definition) is 5. The van der Waals surface area contributed by atoms with E-state index in [9.17, 15) is 0 Å². The molecule has 2 aromatic rings. The van der Waals surface area contributed by atoms with Crippen LogP contribution in [0.25, 0.3) is 0 Å². The number of nitrogens with zero attached hydrogens (tertiary/aromatic N) is 2. The third-order valence-electron chi connectivity index (χ3n) is 4.81. The van der Waals surface area contributed by atoms with Gasteiger partial charge in [0.15, 0.2) is 5.96 Å². The van der Waals surface area contributed by atoms with Gasteiger partial charge in [-0.1, -0.05) is 24.3 Å². The zero-order chi connectivity index (χ0) is 19.8. The second-order valence-corrected chi connectivity index (χ2v) is 6.97. The van der Waals surface area contributed by atoms with Crippen LogP contribution in [-0.2, 0) is 29.2 Å². The number of benzene rings is 1. The van der Waals surface area contributed by atoms with Crippen molar-refractivity contribution in [2.45, 2.75) is 52.5 Å². The number of aromatic nitrogens is 1. The molecule has 1 saturated heterocycles. The number of ether oxygens (including phenoxy) is 2. The quantitative estimate of drug-likeness (QED) is 0.335. The molecule has 0 bridgehead atoms. The van der Waals surface area contributed by atoms with E-state index in [1.165, 1.54) is 11.1 Å². The van der Waals surface area contributed by atoms with Crippen LogP contribution >= 0.6 is 24.0 Å². The van der Waals surface area contributed by atoms with E-state index in [0.717, 1.165) is 37.5 Å². The first-order chi connectivity index (χ1) is 13.6. The Kier molecular flexibility index (Phi) is 9.89. The Balaban J connectivity index is 0.00000300. The maximum atomic E-state index is 6.02. The highest BCUT2D eigenvalue weighted by atomic mass is 127. The van der Waals surface area contributed by atoms with Crippen LogP contribution in [0.3, 0.4) is 0 Å². The summed E-state index contributed by atoms with van der Waals surface area (Å²) in [6, 6.07) is 8.43. The number of aryl methyl sites for hydroxylation is 2. The fourth-order valence-corrected chi connectivity index (χ4v) is 3.07. The molecule has 1 aromatic carbocycles. The lowest BCUT2D eigenvalue weighted by Crippen LogP contribution is -2.36. The largest absolute Gasteiger partial charge is 0.444 e. The van der Waals surface area contributed by atoms with Crippen molar-refractivity contribution in [3.8, 4) is 0 Å². The molecular formula is C21H31IN4O3. The monoisotopic (exact) mass is 514 g/mol. The molecule has 1 fully saturated rings. The first-order valence-electron chi connectivity index (χ1n) is 9.78. The van der Waals surface area contributed by atoms with E-state index in [0.29, 0.717) is 37.7 Å². The van der Waals surface area contributed by atoms with E-state index in [4.69, 9.17) is 13.9 Å². The molecule has 0 aliphatic carbocycles. The van der Waals surface area contributed by atoms with Gasteiger partial charge >= 0.3 is 0 Å². The third kappa shape index (κ3) is 7.60. The Morgan fingerprint density at radius 3 is 2.59 bits per heavy atom. The van der Waals surface area contributed by atoms with Crippen LogP contribution in [-0.4, -0.2) is 37.3 Å². The van der Waals surface area contributed by atoms with Crippen molar-refractivity contribution in [2.75, 3.05) is 20.3 Å². The van der Waals surface area contributed by atoms with Crippen molar-refractivity contribution >= 4 is 29.9 Å². The second-order valence-electron chi connectivity index (χ2n) is 6.97. The van der Waals surface area contributed by atoms with Crippen molar-refractivity contribution in [3.05, 3.63) is 52.7 Å². The normalized spacial score (nSPS) is 15.1. The molecule has 1 aliphatic heterocycles.